The monoisotopic (exact) mass is 1450 g/mol. The van der Waals surface area contributed by atoms with E-state index in [0.29, 0.717) is 18.8 Å². The number of unbranched alkanes of at least 4 members (excludes halogenated alkanes) is 34. The van der Waals surface area contributed by atoms with Gasteiger partial charge in [-0.25, -0.2) is 9.36 Å². The number of phosphoric ester groups is 1. The molecule has 24 nitrogen and oxygen atoms in total. The standard InChI is InChI=1S/C75H137O24P/c1-5-8-11-14-17-19-21-23-25-27-29-31-33-39-44-49-60(78)92-54-58-63(81)65(83)70(88)75(96-58)98-72-68(86)66(84)67(85)71(97-74-69(87)64(82)62(80)57(51-76)95-74)73(72)99-100(89,90)93-53-56(52-91-59(77)48-43-38-32-30-28-26-24-22-20-18-15-12-9-6-2)94-61(79)50-45-40-35-34-37-42-47-55(4)46-41-36-16-13-10-7-3/h33,39,44,49,55-58,62-76,80-88H,5-32,34-38,40-43,45-48,50-54H2,1-4H3,(H,89,90)/b39-33+,49-44+. The Hall–Kier alpha value is -2.56. The second-order valence-corrected chi connectivity index (χ2v) is 29.8. The summed E-state index contributed by atoms with van der Waals surface area (Å²) in [5, 5.41) is 110. The summed E-state index contributed by atoms with van der Waals surface area (Å²) in [7, 11) is -5.71. The van der Waals surface area contributed by atoms with E-state index in [0.717, 1.165) is 96.0 Å². The molecule has 1 saturated carbocycles. The number of rotatable bonds is 60. The van der Waals surface area contributed by atoms with E-state index in [1.54, 1.807) is 6.08 Å². The fourth-order valence-electron chi connectivity index (χ4n) is 13.0. The predicted molar refractivity (Wildman–Crippen MR) is 379 cm³/mol. The molecule has 19 atom stereocenters. The van der Waals surface area contributed by atoms with E-state index in [1.807, 2.05) is 6.08 Å². The predicted octanol–water partition coefficient (Wildman–Crippen LogP) is 11.2. The molecule has 0 aromatic heterocycles. The fraction of sp³-hybridized carbons (Fsp3) is 0.907. The Bertz CT molecular complexity index is 2180. The minimum atomic E-state index is -5.71. The Morgan fingerprint density at radius 3 is 1.28 bits per heavy atom. The van der Waals surface area contributed by atoms with Crippen LogP contribution in [-0.2, 0) is 61.2 Å². The highest BCUT2D eigenvalue weighted by atomic mass is 31.2. The Morgan fingerprint density at radius 1 is 0.440 bits per heavy atom. The van der Waals surface area contributed by atoms with E-state index in [4.69, 9.17) is 42.2 Å². The number of carbonyl (C=O) groups is 3. The van der Waals surface area contributed by atoms with Gasteiger partial charge in [0.1, 0.15) is 98.7 Å². The second kappa shape index (κ2) is 55.8. The van der Waals surface area contributed by atoms with Gasteiger partial charge in [0.25, 0.3) is 0 Å². The third-order valence-corrected chi connectivity index (χ3v) is 20.5. The first-order chi connectivity index (χ1) is 48.2. The molecule has 11 N–H and O–H groups in total. The summed E-state index contributed by atoms with van der Waals surface area (Å²) in [6, 6.07) is 0. The number of aliphatic hydroxyl groups is 10. The summed E-state index contributed by atoms with van der Waals surface area (Å²) in [4.78, 5) is 51.0. The van der Waals surface area contributed by atoms with Crippen molar-refractivity contribution >= 4 is 25.7 Å². The van der Waals surface area contributed by atoms with Crippen molar-refractivity contribution in [1.82, 2.24) is 0 Å². The highest BCUT2D eigenvalue weighted by Gasteiger charge is 2.58. The first-order valence-corrected chi connectivity index (χ1v) is 40.5. The fourth-order valence-corrected chi connectivity index (χ4v) is 14.0. The van der Waals surface area contributed by atoms with Crippen molar-refractivity contribution in [3.63, 3.8) is 0 Å². The summed E-state index contributed by atoms with van der Waals surface area (Å²) < 4.78 is 64.9. The third kappa shape index (κ3) is 38.6. The lowest BCUT2D eigenvalue weighted by molar-refractivity contribution is -0.360. The van der Waals surface area contributed by atoms with Gasteiger partial charge in [0, 0.05) is 18.9 Å². The molecule has 19 unspecified atom stereocenters. The second-order valence-electron chi connectivity index (χ2n) is 28.4. The maximum atomic E-state index is 14.4. The van der Waals surface area contributed by atoms with Gasteiger partial charge in [-0.2, -0.15) is 0 Å². The zero-order chi connectivity index (χ0) is 73.3. The minimum Gasteiger partial charge on any atom is -0.462 e. The number of hydrogen-bond donors (Lipinski definition) is 11. The minimum absolute atomic E-state index is 0.0411. The topological polar surface area (TPSA) is 374 Å². The van der Waals surface area contributed by atoms with E-state index in [1.165, 1.54) is 160 Å². The van der Waals surface area contributed by atoms with Gasteiger partial charge in [-0.05, 0) is 31.6 Å². The molecule has 0 aromatic rings. The number of carbonyl (C=O) groups excluding carboxylic acids is 3. The van der Waals surface area contributed by atoms with Crippen LogP contribution in [0.2, 0.25) is 0 Å². The molecule has 586 valence electrons. The number of esters is 3. The van der Waals surface area contributed by atoms with E-state index < -0.39 is 156 Å². The van der Waals surface area contributed by atoms with Crippen LogP contribution in [0.5, 0.6) is 0 Å². The van der Waals surface area contributed by atoms with Crippen molar-refractivity contribution in [3.05, 3.63) is 24.3 Å². The third-order valence-electron chi connectivity index (χ3n) is 19.5. The van der Waals surface area contributed by atoms with Crippen LogP contribution in [0.15, 0.2) is 24.3 Å². The van der Waals surface area contributed by atoms with Crippen molar-refractivity contribution in [3.8, 4) is 0 Å². The van der Waals surface area contributed by atoms with Gasteiger partial charge in [-0.1, -0.05) is 277 Å². The zero-order valence-electron chi connectivity index (χ0n) is 61.4. The molecule has 3 rings (SSSR count). The van der Waals surface area contributed by atoms with Gasteiger partial charge in [-0.15, -0.1) is 0 Å². The average molecular weight is 1450 g/mol. The summed E-state index contributed by atoms with van der Waals surface area (Å²) in [5.74, 6) is -1.54. The molecule has 0 bridgehead atoms. The summed E-state index contributed by atoms with van der Waals surface area (Å²) >= 11 is 0. The zero-order valence-corrected chi connectivity index (χ0v) is 62.3. The molecule has 2 heterocycles. The molecule has 3 fully saturated rings. The van der Waals surface area contributed by atoms with Gasteiger partial charge >= 0.3 is 25.7 Å². The Labute approximate surface area is 598 Å². The number of aliphatic hydroxyl groups excluding tert-OH is 10. The molecular weight excluding hydrogens is 1320 g/mol. The number of hydrogen-bond acceptors (Lipinski definition) is 23. The number of allylic oxidation sites excluding steroid dienone is 3. The van der Waals surface area contributed by atoms with E-state index in [-0.39, 0.29) is 12.8 Å². The Kier molecular flexibility index (Phi) is 51.2. The van der Waals surface area contributed by atoms with Crippen LogP contribution in [0.1, 0.15) is 297 Å². The lowest BCUT2D eigenvalue weighted by Gasteiger charge is -2.49. The molecule has 0 aromatic carbocycles. The van der Waals surface area contributed by atoms with E-state index >= 15 is 0 Å². The van der Waals surface area contributed by atoms with Crippen LogP contribution in [-0.4, -0.2) is 204 Å². The summed E-state index contributed by atoms with van der Waals surface area (Å²) in [6.45, 7) is 5.70. The van der Waals surface area contributed by atoms with Crippen LogP contribution in [0, 0.1) is 5.92 Å². The highest BCUT2D eigenvalue weighted by molar-refractivity contribution is 7.47. The van der Waals surface area contributed by atoms with Crippen LogP contribution >= 0.6 is 7.82 Å². The van der Waals surface area contributed by atoms with Crippen molar-refractivity contribution in [2.45, 2.75) is 402 Å². The summed E-state index contributed by atoms with van der Waals surface area (Å²) in [5.41, 5.74) is 0. The molecule has 25 heteroatoms. The molecule has 0 radical (unpaired) electrons. The molecule has 0 amide bonds. The highest BCUT2D eigenvalue weighted by Crippen LogP contribution is 2.49. The van der Waals surface area contributed by atoms with E-state index in [2.05, 4.69) is 27.7 Å². The smallest absolute Gasteiger partial charge is 0.462 e. The van der Waals surface area contributed by atoms with Crippen LogP contribution in [0.25, 0.3) is 0 Å². The molecule has 100 heavy (non-hydrogen) atoms. The van der Waals surface area contributed by atoms with Gasteiger partial charge < -0.3 is 89.1 Å². The molecular formula is C75H137O24P. The molecule has 3 aliphatic rings. The van der Waals surface area contributed by atoms with Crippen molar-refractivity contribution < 1.29 is 117 Å². The van der Waals surface area contributed by atoms with Crippen molar-refractivity contribution in [2.75, 3.05) is 26.4 Å². The van der Waals surface area contributed by atoms with Crippen molar-refractivity contribution in [2.24, 2.45) is 5.92 Å². The van der Waals surface area contributed by atoms with Crippen LogP contribution in [0.4, 0.5) is 0 Å². The van der Waals surface area contributed by atoms with Crippen molar-refractivity contribution in [1.29, 1.82) is 0 Å². The maximum Gasteiger partial charge on any atom is 0.472 e. The van der Waals surface area contributed by atoms with Gasteiger partial charge in [0.2, 0.25) is 0 Å². The molecule has 2 saturated heterocycles. The van der Waals surface area contributed by atoms with Crippen LogP contribution in [0.3, 0.4) is 0 Å². The first kappa shape index (κ1) is 91.6. The van der Waals surface area contributed by atoms with Gasteiger partial charge in [0.05, 0.1) is 13.2 Å². The van der Waals surface area contributed by atoms with Crippen LogP contribution < -0.4 is 0 Å². The Morgan fingerprint density at radius 2 is 0.830 bits per heavy atom. The maximum absolute atomic E-state index is 14.4. The molecule has 1 aliphatic carbocycles. The SMILES string of the molecule is CCCCCCCCCCCCC/C=C/C=C/C(=O)OCC1OC(OC2C(O)C(O)C(O)C(OC3OC(CO)C(O)C(O)C3O)C2OP(=O)(O)OCC(COC(=O)CCCCCCCCCCCCCCCC)OC(=O)CCCCCCCCC(C)CCCCCCCC)C(O)C(O)C1O. The largest absolute Gasteiger partial charge is 0.472 e. The van der Waals surface area contributed by atoms with Gasteiger partial charge in [0.15, 0.2) is 18.7 Å². The normalized spacial score (nSPS) is 27.8. The quantitative estimate of drug-likeness (QED) is 0.00673. The first-order valence-electron chi connectivity index (χ1n) is 39.1. The molecule has 0 spiro atoms. The average Bonchev–Trinajstić information content (AvgIpc) is 0.757. The lowest BCUT2D eigenvalue weighted by Crippen LogP contribution is -2.69. The number of ether oxygens (including phenoxy) is 7. The summed E-state index contributed by atoms with van der Waals surface area (Å²) in [6.07, 6.45) is 15.8. The number of phosphoric acid groups is 1. The molecule has 2 aliphatic heterocycles. The lowest BCUT2D eigenvalue weighted by atomic mass is 9.84. The van der Waals surface area contributed by atoms with Gasteiger partial charge in [-0.3, -0.25) is 18.6 Å². The van der Waals surface area contributed by atoms with E-state index in [9.17, 15) is 74.9 Å². The Balaban J connectivity index is 1.75.